The van der Waals surface area contributed by atoms with Gasteiger partial charge < -0.3 is 0 Å². The summed E-state index contributed by atoms with van der Waals surface area (Å²) in [7, 11) is 0. The van der Waals surface area contributed by atoms with Crippen LogP contribution in [0.2, 0.25) is 0 Å². The van der Waals surface area contributed by atoms with Crippen molar-refractivity contribution in [3.63, 3.8) is 0 Å². The Bertz CT molecular complexity index is 383. The molecule has 1 heterocycles. The maximum absolute atomic E-state index is 9.13. The topological polar surface area (TPSA) is 23.8 Å². The molecule has 0 spiro atoms. The fourth-order valence-corrected chi connectivity index (χ4v) is 3.72. The van der Waals surface area contributed by atoms with Gasteiger partial charge in [-0.25, -0.2) is 0 Å². The van der Waals surface area contributed by atoms with Crippen molar-refractivity contribution in [2.75, 3.05) is 0 Å². The predicted octanol–water partition coefficient (Wildman–Crippen LogP) is 3.18. The van der Waals surface area contributed by atoms with E-state index in [-0.39, 0.29) is 5.41 Å². The van der Waals surface area contributed by atoms with Crippen molar-refractivity contribution in [2.45, 2.75) is 43.9 Å². The monoisotopic (exact) mass is 203 g/mol. The standard InChI is InChI=1S/C12H13NS/c13-8-12(5-6-12)11-7-9-3-1-2-4-10(9)14-11/h7H,1-6H2. The van der Waals surface area contributed by atoms with E-state index in [1.807, 2.05) is 11.3 Å². The normalized spacial score (nSPS) is 22.5. The molecular weight excluding hydrogens is 190 g/mol. The Morgan fingerprint density at radius 3 is 2.71 bits per heavy atom. The van der Waals surface area contributed by atoms with Crippen LogP contribution in [0, 0.1) is 11.3 Å². The van der Waals surface area contributed by atoms with Crippen LogP contribution in [0.5, 0.6) is 0 Å². The van der Waals surface area contributed by atoms with E-state index in [2.05, 4.69) is 12.1 Å². The van der Waals surface area contributed by atoms with Crippen molar-refractivity contribution in [1.82, 2.24) is 0 Å². The third kappa shape index (κ3) is 1.12. The smallest absolute Gasteiger partial charge is 0.0916 e. The molecule has 0 aliphatic heterocycles. The molecule has 14 heavy (non-hydrogen) atoms. The SMILES string of the molecule is N#CC1(c2cc3c(s2)CCCC3)CC1. The first kappa shape index (κ1) is 8.49. The molecule has 0 bridgehead atoms. The first-order chi connectivity index (χ1) is 6.84. The van der Waals surface area contributed by atoms with Crippen molar-refractivity contribution in [1.29, 1.82) is 5.26 Å². The Hall–Kier alpha value is -0.810. The third-order valence-electron chi connectivity index (χ3n) is 3.43. The summed E-state index contributed by atoms with van der Waals surface area (Å²) in [5, 5.41) is 9.13. The molecule has 0 radical (unpaired) electrons. The molecule has 1 aromatic heterocycles. The maximum atomic E-state index is 9.13. The summed E-state index contributed by atoms with van der Waals surface area (Å²) < 4.78 is 0. The second-order valence-electron chi connectivity index (χ2n) is 4.46. The molecule has 1 nitrogen and oxygen atoms in total. The number of hydrogen-bond donors (Lipinski definition) is 0. The highest BCUT2D eigenvalue weighted by Crippen LogP contribution is 2.51. The predicted molar refractivity (Wildman–Crippen MR) is 57.5 cm³/mol. The Kier molecular flexibility index (Phi) is 1.72. The first-order valence-corrected chi connectivity index (χ1v) is 6.19. The van der Waals surface area contributed by atoms with Crippen LogP contribution in [0.15, 0.2) is 6.07 Å². The lowest BCUT2D eigenvalue weighted by Crippen LogP contribution is -1.98. The van der Waals surface area contributed by atoms with Gasteiger partial charge in [-0.1, -0.05) is 0 Å². The molecule has 0 amide bonds. The summed E-state index contributed by atoms with van der Waals surface area (Å²) in [5.41, 5.74) is 1.49. The molecule has 1 fully saturated rings. The number of rotatable bonds is 1. The van der Waals surface area contributed by atoms with Gasteiger partial charge in [0.1, 0.15) is 0 Å². The number of nitrogens with zero attached hydrogens (tertiary/aromatic N) is 1. The Balaban J connectivity index is 2.01. The molecule has 0 saturated heterocycles. The lowest BCUT2D eigenvalue weighted by Gasteiger charge is -2.08. The summed E-state index contributed by atoms with van der Waals surface area (Å²) >= 11 is 1.91. The molecule has 1 aromatic rings. The van der Waals surface area contributed by atoms with Crippen LogP contribution < -0.4 is 0 Å². The van der Waals surface area contributed by atoms with Gasteiger partial charge in [0.2, 0.25) is 0 Å². The molecular formula is C12H13NS. The van der Waals surface area contributed by atoms with Crippen molar-refractivity contribution in [2.24, 2.45) is 0 Å². The van der Waals surface area contributed by atoms with E-state index in [1.165, 1.54) is 36.1 Å². The zero-order valence-corrected chi connectivity index (χ0v) is 8.99. The number of aryl methyl sites for hydroxylation is 2. The maximum Gasteiger partial charge on any atom is 0.0916 e. The molecule has 3 rings (SSSR count). The molecule has 0 unspecified atom stereocenters. The van der Waals surface area contributed by atoms with Gasteiger partial charge in [-0.05, 0) is 50.2 Å². The molecule has 0 atom stereocenters. The van der Waals surface area contributed by atoms with Gasteiger partial charge in [0.05, 0.1) is 11.5 Å². The summed E-state index contributed by atoms with van der Waals surface area (Å²) in [6.07, 6.45) is 7.34. The molecule has 1 saturated carbocycles. The highest BCUT2D eigenvalue weighted by Gasteiger charge is 2.46. The highest BCUT2D eigenvalue weighted by atomic mass is 32.1. The molecule has 0 aromatic carbocycles. The van der Waals surface area contributed by atoms with Gasteiger partial charge in [0, 0.05) is 9.75 Å². The Morgan fingerprint density at radius 2 is 2.07 bits per heavy atom. The number of nitriles is 1. The van der Waals surface area contributed by atoms with Gasteiger partial charge >= 0.3 is 0 Å². The Morgan fingerprint density at radius 1 is 1.29 bits per heavy atom. The summed E-state index contributed by atoms with van der Waals surface area (Å²) in [6.45, 7) is 0. The first-order valence-electron chi connectivity index (χ1n) is 5.37. The largest absolute Gasteiger partial charge is 0.197 e. The van der Waals surface area contributed by atoms with E-state index in [9.17, 15) is 0 Å². The van der Waals surface area contributed by atoms with Crippen molar-refractivity contribution in [3.8, 4) is 6.07 Å². The van der Waals surface area contributed by atoms with Crippen LogP contribution in [0.25, 0.3) is 0 Å². The number of thiophene rings is 1. The van der Waals surface area contributed by atoms with Crippen molar-refractivity contribution >= 4 is 11.3 Å². The van der Waals surface area contributed by atoms with Gasteiger partial charge in [-0.2, -0.15) is 5.26 Å². The van der Waals surface area contributed by atoms with E-state index < -0.39 is 0 Å². The van der Waals surface area contributed by atoms with E-state index in [4.69, 9.17) is 5.26 Å². The fourth-order valence-electron chi connectivity index (χ4n) is 2.26. The van der Waals surface area contributed by atoms with Crippen molar-refractivity contribution < 1.29 is 0 Å². The van der Waals surface area contributed by atoms with Crippen LogP contribution >= 0.6 is 11.3 Å². The van der Waals surface area contributed by atoms with Gasteiger partial charge in [0.15, 0.2) is 0 Å². The average Bonchev–Trinajstić information content (AvgIpc) is 2.91. The number of hydrogen-bond acceptors (Lipinski definition) is 2. The molecule has 0 N–H and O–H groups in total. The lowest BCUT2D eigenvalue weighted by molar-refractivity contribution is 0.696. The molecule has 2 aliphatic rings. The van der Waals surface area contributed by atoms with E-state index in [0.29, 0.717) is 0 Å². The summed E-state index contributed by atoms with van der Waals surface area (Å²) in [6, 6.07) is 4.80. The zero-order valence-electron chi connectivity index (χ0n) is 8.18. The minimum atomic E-state index is -0.0536. The fraction of sp³-hybridized carbons (Fsp3) is 0.583. The van der Waals surface area contributed by atoms with Crippen LogP contribution in [0.1, 0.15) is 41.0 Å². The van der Waals surface area contributed by atoms with Crippen LogP contribution in [0.3, 0.4) is 0 Å². The van der Waals surface area contributed by atoms with Gasteiger partial charge in [-0.15, -0.1) is 11.3 Å². The third-order valence-corrected chi connectivity index (χ3v) is 4.87. The van der Waals surface area contributed by atoms with Crippen LogP contribution in [-0.4, -0.2) is 0 Å². The van der Waals surface area contributed by atoms with Crippen LogP contribution in [-0.2, 0) is 18.3 Å². The summed E-state index contributed by atoms with van der Waals surface area (Å²) in [5.74, 6) is 0. The second kappa shape index (κ2) is 2.84. The van der Waals surface area contributed by atoms with Crippen molar-refractivity contribution in [3.05, 3.63) is 21.4 Å². The van der Waals surface area contributed by atoms with E-state index in [0.717, 1.165) is 12.8 Å². The second-order valence-corrected chi connectivity index (χ2v) is 5.60. The van der Waals surface area contributed by atoms with E-state index in [1.54, 1.807) is 4.88 Å². The minimum absolute atomic E-state index is 0.0536. The quantitative estimate of drug-likeness (QED) is 0.687. The lowest BCUT2D eigenvalue weighted by atomic mass is 9.97. The van der Waals surface area contributed by atoms with Crippen LogP contribution in [0.4, 0.5) is 0 Å². The van der Waals surface area contributed by atoms with Gasteiger partial charge in [-0.3, -0.25) is 0 Å². The van der Waals surface area contributed by atoms with Gasteiger partial charge in [0.25, 0.3) is 0 Å². The van der Waals surface area contributed by atoms with E-state index >= 15 is 0 Å². The summed E-state index contributed by atoms with van der Waals surface area (Å²) in [4.78, 5) is 2.92. The minimum Gasteiger partial charge on any atom is -0.197 e. The molecule has 2 aliphatic carbocycles. The highest BCUT2D eigenvalue weighted by molar-refractivity contribution is 7.12. The average molecular weight is 203 g/mol. The number of fused-ring (bicyclic) bond motifs is 1. The molecule has 72 valence electrons. The molecule has 2 heteroatoms. The zero-order chi connectivity index (χ0) is 9.60. The Labute approximate surface area is 88.4 Å².